The van der Waals surface area contributed by atoms with E-state index in [0.29, 0.717) is 61.5 Å². The summed E-state index contributed by atoms with van der Waals surface area (Å²) < 4.78 is 10.8. The van der Waals surface area contributed by atoms with Gasteiger partial charge in [-0.3, -0.25) is 4.79 Å². The number of amides is 1. The van der Waals surface area contributed by atoms with E-state index in [9.17, 15) is 14.7 Å². The van der Waals surface area contributed by atoms with Crippen LogP contribution in [0.2, 0.25) is 5.02 Å². The van der Waals surface area contributed by atoms with Gasteiger partial charge in [0.2, 0.25) is 0 Å². The van der Waals surface area contributed by atoms with Crippen LogP contribution in [0.1, 0.15) is 54.1 Å². The lowest BCUT2D eigenvalue weighted by Gasteiger charge is -2.26. The fraction of sp³-hybridized carbons (Fsp3) is 0.500. The molecule has 1 aromatic carbocycles. The number of hydrogen-bond donors (Lipinski definition) is 1. The highest BCUT2D eigenvalue weighted by molar-refractivity contribution is 6.33. The highest BCUT2D eigenvalue weighted by Crippen LogP contribution is 2.34. The van der Waals surface area contributed by atoms with Gasteiger partial charge in [0.05, 0.1) is 36.1 Å². The van der Waals surface area contributed by atoms with Gasteiger partial charge in [0, 0.05) is 19.5 Å². The van der Waals surface area contributed by atoms with Crippen LogP contribution >= 0.6 is 11.6 Å². The Morgan fingerprint density at radius 2 is 1.91 bits per heavy atom. The molecule has 2 aliphatic rings. The zero-order valence-electron chi connectivity index (χ0n) is 20.1. The van der Waals surface area contributed by atoms with Crippen molar-refractivity contribution in [3.05, 3.63) is 52.1 Å². The van der Waals surface area contributed by atoms with Crippen LogP contribution in [0.25, 0.3) is 0 Å². The average Bonchev–Trinajstić information content (AvgIpc) is 2.85. The number of halogens is 1. The van der Waals surface area contributed by atoms with Crippen LogP contribution in [0.15, 0.2) is 35.5 Å². The van der Waals surface area contributed by atoms with Crippen molar-refractivity contribution in [2.24, 2.45) is 5.16 Å². The lowest BCUT2D eigenvalue weighted by atomic mass is 9.93. The molecule has 35 heavy (non-hydrogen) atoms. The minimum absolute atomic E-state index is 0.0780. The van der Waals surface area contributed by atoms with Crippen LogP contribution in [0, 0.1) is 0 Å². The first kappa shape index (κ1) is 26.8. The topological polar surface area (TPSA) is 97.7 Å². The van der Waals surface area contributed by atoms with Crippen molar-refractivity contribution < 1.29 is 29.0 Å². The summed E-state index contributed by atoms with van der Waals surface area (Å²) in [5, 5.41) is 14.8. The van der Waals surface area contributed by atoms with E-state index < -0.39 is 5.97 Å². The second-order valence-corrected chi connectivity index (χ2v) is 8.75. The molecular formula is C26H33ClN2O6. The Kier molecular flexibility index (Phi) is 10.6. The van der Waals surface area contributed by atoms with Gasteiger partial charge >= 0.3 is 5.97 Å². The number of carbonyl (C=O) groups is 2. The Labute approximate surface area is 211 Å². The molecule has 2 heterocycles. The summed E-state index contributed by atoms with van der Waals surface area (Å²) in [5.74, 6) is -0.752. The number of morpholine rings is 1. The number of oxime groups is 1. The van der Waals surface area contributed by atoms with Gasteiger partial charge in [0.15, 0.2) is 6.61 Å². The van der Waals surface area contributed by atoms with Crippen molar-refractivity contribution in [1.82, 2.24) is 4.90 Å². The number of cyclic esters (lactones) is 1. The summed E-state index contributed by atoms with van der Waals surface area (Å²) in [6.07, 6.45) is 11.5. The van der Waals surface area contributed by atoms with Gasteiger partial charge in [-0.25, -0.2) is 4.79 Å². The van der Waals surface area contributed by atoms with Crippen LogP contribution in [0.3, 0.4) is 0 Å². The molecule has 1 N–H and O–H groups in total. The number of nitrogens with zero attached hydrogens (tertiary/aromatic N) is 2. The van der Waals surface area contributed by atoms with E-state index in [1.54, 1.807) is 11.0 Å². The first-order chi connectivity index (χ1) is 17.0. The fourth-order valence-electron chi connectivity index (χ4n) is 3.96. The quantitative estimate of drug-likeness (QED) is 0.366. The van der Waals surface area contributed by atoms with Crippen molar-refractivity contribution in [3.8, 4) is 5.75 Å². The highest BCUT2D eigenvalue weighted by atomic mass is 35.5. The SMILES string of the molecule is CCCc1cc(O)c(Cl)c2c1C(=O)OCC/C=C/CC/C=C/C(=N/OCC(=O)N1CCOCC1)C2. The van der Waals surface area contributed by atoms with Crippen molar-refractivity contribution in [3.63, 3.8) is 0 Å². The number of aryl methyl sites for hydroxylation is 1. The lowest BCUT2D eigenvalue weighted by molar-refractivity contribution is -0.140. The monoisotopic (exact) mass is 504 g/mol. The van der Waals surface area contributed by atoms with Gasteiger partial charge in [-0.1, -0.05) is 48.3 Å². The molecule has 0 aliphatic carbocycles. The Morgan fingerprint density at radius 3 is 2.69 bits per heavy atom. The van der Waals surface area contributed by atoms with E-state index in [2.05, 4.69) is 5.16 Å². The molecule has 2 aliphatic heterocycles. The van der Waals surface area contributed by atoms with Gasteiger partial charge in [0.25, 0.3) is 5.91 Å². The molecule has 1 amide bonds. The van der Waals surface area contributed by atoms with Crippen molar-refractivity contribution in [2.45, 2.75) is 45.4 Å². The Hall–Kier alpha value is -2.84. The number of hydrogen-bond acceptors (Lipinski definition) is 7. The molecule has 0 bridgehead atoms. The van der Waals surface area contributed by atoms with Crippen LogP contribution in [-0.2, 0) is 31.9 Å². The van der Waals surface area contributed by atoms with Crippen LogP contribution < -0.4 is 0 Å². The first-order valence-electron chi connectivity index (χ1n) is 12.1. The van der Waals surface area contributed by atoms with Gasteiger partial charge in [-0.2, -0.15) is 0 Å². The minimum atomic E-state index is -0.484. The molecular weight excluding hydrogens is 472 g/mol. The number of esters is 1. The van der Waals surface area contributed by atoms with Crippen LogP contribution in [-0.4, -0.2) is 67.1 Å². The standard InChI is InChI=1S/C26H33ClN2O6/c1-2-9-19-16-22(30)25(27)21-17-20(28-35-18-23(31)29-11-14-33-15-12-29)10-7-5-3-4-6-8-13-34-26(32)24(19)21/h4,6-7,10,16,30H,2-3,5,8-9,11-15,17-18H2,1H3/b6-4+,10-7+,28-20-. The summed E-state index contributed by atoms with van der Waals surface area (Å²) in [6, 6.07) is 1.53. The molecule has 0 aromatic heterocycles. The molecule has 0 saturated carbocycles. The largest absolute Gasteiger partial charge is 0.506 e. The van der Waals surface area contributed by atoms with Gasteiger partial charge < -0.3 is 24.3 Å². The lowest BCUT2D eigenvalue weighted by Crippen LogP contribution is -2.42. The summed E-state index contributed by atoms with van der Waals surface area (Å²) in [5.41, 5.74) is 1.93. The predicted octanol–water partition coefficient (Wildman–Crippen LogP) is 4.23. The molecule has 9 heteroatoms. The number of benzene rings is 1. The molecule has 8 nitrogen and oxygen atoms in total. The van der Waals surface area contributed by atoms with Crippen molar-refractivity contribution >= 4 is 29.2 Å². The van der Waals surface area contributed by atoms with E-state index in [1.807, 2.05) is 25.2 Å². The van der Waals surface area contributed by atoms with E-state index in [4.69, 9.17) is 25.9 Å². The third kappa shape index (κ3) is 7.83. The Morgan fingerprint density at radius 1 is 1.17 bits per heavy atom. The van der Waals surface area contributed by atoms with E-state index >= 15 is 0 Å². The summed E-state index contributed by atoms with van der Waals surface area (Å²) in [4.78, 5) is 32.6. The number of phenols is 1. The smallest absolute Gasteiger partial charge is 0.338 e. The highest BCUT2D eigenvalue weighted by Gasteiger charge is 2.24. The maximum atomic E-state index is 13.1. The third-order valence-corrected chi connectivity index (χ3v) is 6.15. The van der Waals surface area contributed by atoms with Gasteiger partial charge in [-0.05, 0) is 49.0 Å². The Bertz CT molecular complexity index is 983. The number of allylic oxidation sites excluding steroid dienone is 3. The molecule has 3 rings (SSSR count). The van der Waals surface area contributed by atoms with Crippen molar-refractivity contribution in [1.29, 1.82) is 0 Å². The normalized spacial score (nSPS) is 20.5. The zero-order valence-corrected chi connectivity index (χ0v) is 20.9. The van der Waals surface area contributed by atoms with Crippen molar-refractivity contribution in [2.75, 3.05) is 39.5 Å². The number of rotatable bonds is 5. The third-order valence-electron chi connectivity index (χ3n) is 5.73. The average molecular weight is 505 g/mol. The van der Waals surface area contributed by atoms with Crippen LogP contribution in [0.4, 0.5) is 0 Å². The molecule has 0 atom stereocenters. The maximum absolute atomic E-state index is 13.1. The molecule has 1 aromatic rings. The Balaban J connectivity index is 1.91. The number of phenolic OH excluding ortho intramolecular Hbond substituents is 1. The zero-order chi connectivity index (χ0) is 25.0. The minimum Gasteiger partial charge on any atom is -0.506 e. The van der Waals surface area contributed by atoms with E-state index in [0.717, 1.165) is 19.3 Å². The second kappa shape index (κ2) is 13.9. The molecule has 0 radical (unpaired) electrons. The molecule has 1 saturated heterocycles. The summed E-state index contributed by atoms with van der Waals surface area (Å²) >= 11 is 6.49. The second-order valence-electron chi connectivity index (χ2n) is 8.37. The number of carbonyl (C=O) groups excluding carboxylic acids is 2. The maximum Gasteiger partial charge on any atom is 0.338 e. The van der Waals surface area contributed by atoms with Gasteiger partial charge in [-0.15, -0.1) is 0 Å². The number of ether oxygens (including phenoxy) is 2. The molecule has 0 spiro atoms. The predicted molar refractivity (Wildman–Crippen MR) is 134 cm³/mol. The summed E-state index contributed by atoms with van der Waals surface area (Å²) in [7, 11) is 0. The fourth-order valence-corrected chi connectivity index (χ4v) is 4.18. The van der Waals surface area contributed by atoms with Crippen LogP contribution in [0.5, 0.6) is 5.75 Å². The van der Waals surface area contributed by atoms with E-state index in [-0.39, 0.29) is 36.3 Å². The molecule has 190 valence electrons. The summed E-state index contributed by atoms with van der Waals surface area (Å²) in [6.45, 7) is 4.10. The first-order valence-corrected chi connectivity index (χ1v) is 12.4. The number of aromatic hydroxyl groups is 1. The molecule has 1 fully saturated rings. The van der Waals surface area contributed by atoms with Gasteiger partial charge in [0.1, 0.15) is 5.75 Å². The molecule has 0 unspecified atom stereocenters. The van der Waals surface area contributed by atoms with E-state index in [1.165, 1.54) is 6.07 Å². The number of fused-ring (bicyclic) bond motifs is 1.